The summed E-state index contributed by atoms with van der Waals surface area (Å²) in [6.45, 7) is 5.83. The highest BCUT2D eigenvalue weighted by molar-refractivity contribution is 7.90. The van der Waals surface area contributed by atoms with E-state index in [2.05, 4.69) is 15.2 Å². The van der Waals surface area contributed by atoms with E-state index in [-0.39, 0.29) is 22.2 Å². The van der Waals surface area contributed by atoms with Crippen molar-refractivity contribution in [1.82, 2.24) is 19.2 Å². The van der Waals surface area contributed by atoms with E-state index in [9.17, 15) is 18.3 Å². The van der Waals surface area contributed by atoms with Crippen LogP contribution in [-0.4, -0.2) is 94.0 Å². The minimum absolute atomic E-state index is 0.0649. The number of ether oxygens (including phenoxy) is 4. The first kappa shape index (κ1) is 31.8. The van der Waals surface area contributed by atoms with Gasteiger partial charge in [0.1, 0.15) is 5.75 Å². The monoisotopic (exact) mass is 636 g/mol. The summed E-state index contributed by atoms with van der Waals surface area (Å²) in [5.41, 5.74) is 2.57. The van der Waals surface area contributed by atoms with Gasteiger partial charge in [0.25, 0.3) is 15.9 Å². The first-order chi connectivity index (χ1) is 21.7. The molecule has 5 rings (SSSR count). The van der Waals surface area contributed by atoms with Crippen molar-refractivity contribution < 1.29 is 37.3 Å². The Morgan fingerprint density at radius 3 is 2.33 bits per heavy atom. The summed E-state index contributed by atoms with van der Waals surface area (Å²) < 4.78 is 51.4. The molecule has 1 aliphatic heterocycles. The van der Waals surface area contributed by atoms with Crippen LogP contribution >= 0.6 is 0 Å². The Hall–Kier alpha value is -4.59. The van der Waals surface area contributed by atoms with Crippen LogP contribution in [0.5, 0.6) is 23.0 Å². The highest BCUT2D eigenvalue weighted by Gasteiger charge is 2.26. The minimum atomic E-state index is -4.23. The number of nitrogens with one attached hydrogen (secondary N) is 1. The van der Waals surface area contributed by atoms with Crippen LogP contribution in [0.3, 0.4) is 0 Å². The molecule has 2 N–H and O–H groups in total. The maximum absolute atomic E-state index is 14.2. The van der Waals surface area contributed by atoms with E-state index < -0.39 is 10.0 Å². The van der Waals surface area contributed by atoms with Crippen molar-refractivity contribution in [1.29, 1.82) is 0 Å². The molecule has 1 saturated heterocycles. The molecule has 4 aromatic rings. The average Bonchev–Trinajstić information content (AvgIpc) is 3.52. The highest BCUT2D eigenvalue weighted by atomic mass is 32.2. The number of phenols is 1. The summed E-state index contributed by atoms with van der Waals surface area (Å²) in [6.07, 6.45) is 4.50. The standard InChI is InChI=1S/C32H36N4O8S/c1-21-5-6-26(37)17-30(21)45(39,40)36-20-25(14-27(36)22-15-28(41-2)31(43-4)29(16-22)42-3)23-13-24(19-33-18-23)32(38)34-7-8-35-9-11-44-12-10-35/h5-6,13-20,37H,7-12H2,1-4H3,(H,34,38). The summed E-state index contributed by atoms with van der Waals surface area (Å²) in [6, 6.07) is 10.8. The number of hydrogen-bond acceptors (Lipinski definition) is 10. The first-order valence-electron chi connectivity index (χ1n) is 14.3. The average molecular weight is 637 g/mol. The molecule has 2 aromatic carbocycles. The van der Waals surface area contributed by atoms with Crippen LogP contribution in [0.15, 0.2) is 66.0 Å². The number of phenolic OH excluding ortho intramolecular Hbond substituents is 1. The van der Waals surface area contributed by atoms with Gasteiger partial charge in [-0.05, 0) is 42.8 Å². The fraction of sp³-hybridized carbons (Fsp3) is 0.312. The van der Waals surface area contributed by atoms with Gasteiger partial charge in [-0.15, -0.1) is 0 Å². The van der Waals surface area contributed by atoms with Crippen molar-refractivity contribution in [3.8, 4) is 45.4 Å². The Balaban J connectivity index is 1.56. The number of hydrogen-bond donors (Lipinski definition) is 2. The maximum atomic E-state index is 14.2. The number of rotatable bonds is 11. The Labute approximate surface area is 262 Å². The zero-order valence-electron chi connectivity index (χ0n) is 25.6. The van der Waals surface area contributed by atoms with Crippen molar-refractivity contribution in [2.45, 2.75) is 11.8 Å². The third-order valence-electron chi connectivity index (χ3n) is 7.61. The van der Waals surface area contributed by atoms with Crippen LogP contribution in [-0.2, 0) is 14.8 Å². The van der Waals surface area contributed by atoms with Gasteiger partial charge in [0.2, 0.25) is 5.75 Å². The van der Waals surface area contributed by atoms with Crippen molar-refractivity contribution >= 4 is 15.9 Å². The lowest BCUT2D eigenvalue weighted by atomic mass is 10.1. The molecular weight excluding hydrogens is 600 g/mol. The van der Waals surface area contributed by atoms with E-state index in [0.717, 1.165) is 17.1 Å². The van der Waals surface area contributed by atoms with Gasteiger partial charge in [0.15, 0.2) is 11.5 Å². The quantitative estimate of drug-likeness (QED) is 0.251. The van der Waals surface area contributed by atoms with Gasteiger partial charge < -0.3 is 29.4 Å². The molecule has 1 fully saturated rings. The lowest BCUT2D eigenvalue weighted by molar-refractivity contribution is 0.0383. The van der Waals surface area contributed by atoms with Crippen molar-refractivity contribution in [2.24, 2.45) is 0 Å². The number of benzene rings is 2. The number of aromatic hydroxyl groups is 1. The van der Waals surface area contributed by atoms with Gasteiger partial charge >= 0.3 is 0 Å². The zero-order valence-corrected chi connectivity index (χ0v) is 26.4. The number of amides is 1. The molecule has 3 heterocycles. The maximum Gasteiger partial charge on any atom is 0.268 e. The Kier molecular flexibility index (Phi) is 9.61. The number of nitrogens with zero attached hydrogens (tertiary/aromatic N) is 3. The number of carbonyl (C=O) groups excluding carboxylic acids is 1. The summed E-state index contributed by atoms with van der Waals surface area (Å²) in [5.74, 6) is 0.557. The first-order valence-corrected chi connectivity index (χ1v) is 15.7. The molecule has 1 amide bonds. The predicted molar refractivity (Wildman–Crippen MR) is 168 cm³/mol. The second-order valence-corrected chi connectivity index (χ2v) is 12.2. The second kappa shape index (κ2) is 13.6. The molecule has 0 aliphatic carbocycles. The lowest BCUT2D eigenvalue weighted by Gasteiger charge is -2.26. The fourth-order valence-corrected chi connectivity index (χ4v) is 6.82. The predicted octanol–water partition coefficient (Wildman–Crippen LogP) is 3.56. The van der Waals surface area contributed by atoms with Gasteiger partial charge in [-0.3, -0.25) is 14.7 Å². The van der Waals surface area contributed by atoms with E-state index in [0.29, 0.717) is 71.4 Å². The topological polar surface area (TPSA) is 141 Å². The van der Waals surface area contributed by atoms with E-state index >= 15 is 0 Å². The molecule has 0 atom stereocenters. The molecule has 1 aliphatic rings. The molecule has 2 aromatic heterocycles. The lowest BCUT2D eigenvalue weighted by Crippen LogP contribution is -2.41. The Morgan fingerprint density at radius 1 is 0.956 bits per heavy atom. The SMILES string of the molecule is COc1cc(-c2cc(-c3cncc(C(=O)NCCN4CCOCC4)c3)cn2S(=O)(=O)c2cc(O)ccc2C)cc(OC)c1OC. The molecule has 0 unspecified atom stereocenters. The van der Waals surface area contributed by atoms with Gasteiger partial charge in [0.05, 0.1) is 50.7 Å². The minimum Gasteiger partial charge on any atom is -0.508 e. The molecule has 0 radical (unpaired) electrons. The number of morpholine rings is 1. The number of methoxy groups -OCH3 is 3. The van der Waals surface area contributed by atoms with Crippen LogP contribution in [0.1, 0.15) is 15.9 Å². The third-order valence-corrected chi connectivity index (χ3v) is 9.42. The Morgan fingerprint density at radius 2 is 1.67 bits per heavy atom. The van der Waals surface area contributed by atoms with Gasteiger partial charge in [-0.25, -0.2) is 12.4 Å². The van der Waals surface area contributed by atoms with Crippen molar-refractivity contribution in [3.05, 3.63) is 72.2 Å². The zero-order chi connectivity index (χ0) is 32.1. The summed E-state index contributed by atoms with van der Waals surface area (Å²) in [4.78, 5) is 19.5. The van der Waals surface area contributed by atoms with Gasteiger partial charge in [0, 0.05) is 67.5 Å². The molecule has 0 spiro atoms. The third kappa shape index (κ3) is 6.75. The van der Waals surface area contributed by atoms with E-state index in [4.69, 9.17) is 18.9 Å². The number of aryl methyl sites for hydroxylation is 1. The van der Waals surface area contributed by atoms with Gasteiger partial charge in [-0.1, -0.05) is 6.07 Å². The number of aromatic nitrogens is 2. The molecule has 12 nitrogen and oxygen atoms in total. The molecule has 0 saturated carbocycles. The number of carbonyl (C=O) groups is 1. The van der Waals surface area contributed by atoms with Crippen molar-refractivity contribution in [2.75, 3.05) is 60.7 Å². The molecular formula is C32H36N4O8S. The highest BCUT2D eigenvalue weighted by Crippen LogP contribution is 2.43. The molecule has 0 bridgehead atoms. The van der Waals surface area contributed by atoms with Gasteiger partial charge in [-0.2, -0.15) is 0 Å². The van der Waals surface area contributed by atoms with Crippen molar-refractivity contribution in [3.63, 3.8) is 0 Å². The van der Waals surface area contributed by atoms with Crippen LogP contribution in [0.4, 0.5) is 0 Å². The second-order valence-electron chi connectivity index (χ2n) is 10.5. The summed E-state index contributed by atoms with van der Waals surface area (Å²) >= 11 is 0. The van der Waals surface area contributed by atoms with Crippen LogP contribution in [0.2, 0.25) is 0 Å². The largest absolute Gasteiger partial charge is 0.508 e. The summed E-state index contributed by atoms with van der Waals surface area (Å²) in [5, 5.41) is 13.1. The van der Waals surface area contributed by atoms with Crippen LogP contribution < -0.4 is 19.5 Å². The Bertz CT molecular complexity index is 1770. The van der Waals surface area contributed by atoms with Crippen LogP contribution in [0, 0.1) is 6.92 Å². The van der Waals surface area contributed by atoms with Crippen LogP contribution in [0.25, 0.3) is 22.4 Å². The number of pyridine rings is 1. The summed E-state index contributed by atoms with van der Waals surface area (Å²) in [7, 11) is 0.197. The van der Waals surface area contributed by atoms with E-state index in [1.165, 1.54) is 51.9 Å². The van der Waals surface area contributed by atoms with E-state index in [1.807, 2.05) is 0 Å². The normalized spacial score (nSPS) is 13.8. The molecule has 45 heavy (non-hydrogen) atoms. The fourth-order valence-electron chi connectivity index (χ4n) is 5.19. The smallest absolute Gasteiger partial charge is 0.268 e. The molecule has 13 heteroatoms. The molecule has 238 valence electrons. The van der Waals surface area contributed by atoms with E-state index in [1.54, 1.807) is 37.4 Å².